The molecule has 3 heteroatoms. The zero-order valence-electron chi connectivity index (χ0n) is 12.7. The van der Waals surface area contributed by atoms with Crippen molar-refractivity contribution in [2.24, 2.45) is 17.3 Å². The third-order valence-electron chi connectivity index (χ3n) is 5.47. The Morgan fingerprint density at radius 2 is 1.95 bits per heavy atom. The molecule has 0 aromatic rings. The standard InChI is InChI=1S/C16H29NO2/c1-4-8-16(15(18)19)9-10-17(11-16)14-12(2)6-5-7-13(14)3/h12-14H,4-11H2,1-3H3,(H,18,19). The van der Waals surface area contributed by atoms with Crippen molar-refractivity contribution < 1.29 is 9.90 Å². The van der Waals surface area contributed by atoms with E-state index in [1.165, 1.54) is 19.3 Å². The average molecular weight is 267 g/mol. The van der Waals surface area contributed by atoms with Crippen LogP contribution in [0.4, 0.5) is 0 Å². The Labute approximate surface area is 117 Å². The number of carbonyl (C=O) groups is 1. The Morgan fingerprint density at radius 3 is 2.47 bits per heavy atom. The summed E-state index contributed by atoms with van der Waals surface area (Å²) in [5.41, 5.74) is -0.467. The number of carboxylic acid groups (broad SMARTS) is 1. The Morgan fingerprint density at radius 1 is 1.32 bits per heavy atom. The van der Waals surface area contributed by atoms with Crippen LogP contribution in [0.15, 0.2) is 0 Å². The molecule has 2 rings (SSSR count). The van der Waals surface area contributed by atoms with Gasteiger partial charge in [-0.3, -0.25) is 9.69 Å². The molecular formula is C16H29NO2. The lowest BCUT2D eigenvalue weighted by Gasteiger charge is -2.41. The predicted octanol–water partition coefficient (Wildman–Crippen LogP) is 3.39. The van der Waals surface area contributed by atoms with E-state index < -0.39 is 11.4 Å². The van der Waals surface area contributed by atoms with Crippen molar-refractivity contribution in [1.82, 2.24) is 4.90 Å². The Hall–Kier alpha value is -0.570. The monoisotopic (exact) mass is 267 g/mol. The Balaban J connectivity index is 2.09. The molecule has 1 N–H and O–H groups in total. The minimum absolute atomic E-state index is 0.467. The molecule has 0 aromatic heterocycles. The molecule has 1 saturated carbocycles. The van der Waals surface area contributed by atoms with Crippen molar-refractivity contribution in [2.45, 2.75) is 65.3 Å². The Kier molecular flexibility index (Phi) is 4.54. The minimum Gasteiger partial charge on any atom is -0.481 e. The van der Waals surface area contributed by atoms with Gasteiger partial charge in [0.25, 0.3) is 0 Å². The topological polar surface area (TPSA) is 40.5 Å². The van der Waals surface area contributed by atoms with E-state index in [-0.39, 0.29) is 0 Å². The van der Waals surface area contributed by atoms with Crippen molar-refractivity contribution in [3.05, 3.63) is 0 Å². The van der Waals surface area contributed by atoms with E-state index in [0.717, 1.165) is 44.2 Å². The summed E-state index contributed by atoms with van der Waals surface area (Å²) in [5.74, 6) is 0.859. The fourth-order valence-electron chi connectivity index (χ4n) is 4.51. The van der Waals surface area contributed by atoms with Crippen molar-refractivity contribution in [3.63, 3.8) is 0 Å². The first-order valence-corrected chi connectivity index (χ1v) is 7.97. The lowest BCUT2D eigenvalue weighted by atomic mass is 9.77. The summed E-state index contributed by atoms with van der Waals surface area (Å²) in [6.45, 7) is 8.54. The summed E-state index contributed by atoms with van der Waals surface area (Å²) in [6.07, 6.45) is 6.58. The molecule has 1 aliphatic heterocycles. The second kappa shape index (κ2) is 5.82. The fourth-order valence-corrected chi connectivity index (χ4v) is 4.51. The van der Waals surface area contributed by atoms with Gasteiger partial charge in [0.1, 0.15) is 0 Å². The molecule has 2 aliphatic rings. The first-order chi connectivity index (χ1) is 9.00. The Bertz CT molecular complexity index is 321. The van der Waals surface area contributed by atoms with Gasteiger partial charge in [0.2, 0.25) is 0 Å². The molecular weight excluding hydrogens is 238 g/mol. The van der Waals surface area contributed by atoms with Crippen LogP contribution in [0, 0.1) is 17.3 Å². The molecule has 0 amide bonds. The van der Waals surface area contributed by atoms with Gasteiger partial charge in [-0.15, -0.1) is 0 Å². The molecule has 1 heterocycles. The number of hydrogen-bond donors (Lipinski definition) is 1. The zero-order chi connectivity index (χ0) is 14.0. The quantitative estimate of drug-likeness (QED) is 0.849. The van der Waals surface area contributed by atoms with E-state index in [1.807, 2.05) is 0 Å². The van der Waals surface area contributed by atoms with Crippen LogP contribution in [0.3, 0.4) is 0 Å². The van der Waals surface area contributed by atoms with Gasteiger partial charge < -0.3 is 5.11 Å². The molecule has 0 radical (unpaired) electrons. The first-order valence-electron chi connectivity index (χ1n) is 7.97. The molecule has 0 spiro atoms. The van der Waals surface area contributed by atoms with Gasteiger partial charge in [-0.25, -0.2) is 0 Å². The molecule has 3 atom stereocenters. The fraction of sp³-hybridized carbons (Fsp3) is 0.938. The first kappa shape index (κ1) is 14.8. The van der Waals surface area contributed by atoms with Crippen molar-refractivity contribution >= 4 is 5.97 Å². The van der Waals surface area contributed by atoms with E-state index in [9.17, 15) is 9.90 Å². The highest BCUT2D eigenvalue weighted by molar-refractivity contribution is 5.75. The summed E-state index contributed by atoms with van der Waals surface area (Å²) < 4.78 is 0. The summed E-state index contributed by atoms with van der Waals surface area (Å²) in [5, 5.41) is 9.62. The van der Waals surface area contributed by atoms with E-state index in [2.05, 4.69) is 25.7 Å². The van der Waals surface area contributed by atoms with Crippen LogP contribution in [0.2, 0.25) is 0 Å². The van der Waals surface area contributed by atoms with Gasteiger partial charge in [0.05, 0.1) is 5.41 Å². The number of carboxylic acids is 1. The third kappa shape index (κ3) is 2.81. The highest BCUT2D eigenvalue weighted by Crippen LogP contribution is 2.41. The maximum Gasteiger partial charge on any atom is 0.310 e. The smallest absolute Gasteiger partial charge is 0.310 e. The summed E-state index contributed by atoms with van der Waals surface area (Å²) >= 11 is 0. The third-order valence-corrected chi connectivity index (χ3v) is 5.47. The van der Waals surface area contributed by atoms with Crippen LogP contribution >= 0.6 is 0 Å². The number of hydrogen-bond acceptors (Lipinski definition) is 2. The molecule has 110 valence electrons. The number of rotatable bonds is 4. The van der Waals surface area contributed by atoms with Gasteiger partial charge >= 0.3 is 5.97 Å². The van der Waals surface area contributed by atoms with Crippen LogP contribution in [-0.2, 0) is 4.79 Å². The molecule has 19 heavy (non-hydrogen) atoms. The van der Waals surface area contributed by atoms with Gasteiger partial charge in [-0.1, -0.05) is 33.6 Å². The second-order valence-electron chi connectivity index (χ2n) is 6.93. The summed E-state index contributed by atoms with van der Waals surface area (Å²) in [6, 6.07) is 0.604. The maximum absolute atomic E-state index is 11.7. The SMILES string of the molecule is CCCC1(C(=O)O)CCN(C2C(C)CCCC2C)C1. The normalized spacial score (nSPS) is 40.5. The van der Waals surface area contributed by atoms with Crippen LogP contribution < -0.4 is 0 Å². The number of likely N-dealkylation sites (tertiary alicyclic amines) is 1. The van der Waals surface area contributed by atoms with Crippen LogP contribution in [0.1, 0.15) is 59.3 Å². The van der Waals surface area contributed by atoms with Crippen LogP contribution in [-0.4, -0.2) is 35.1 Å². The van der Waals surface area contributed by atoms with E-state index in [4.69, 9.17) is 0 Å². The molecule has 0 bridgehead atoms. The van der Waals surface area contributed by atoms with E-state index in [1.54, 1.807) is 0 Å². The molecule has 0 aromatic carbocycles. The lowest BCUT2D eigenvalue weighted by Crippen LogP contribution is -2.46. The molecule has 1 aliphatic carbocycles. The lowest BCUT2D eigenvalue weighted by molar-refractivity contribution is -0.149. The number of nitrogens with zero attached hydrogens (tertiary/aromatic N) is 1. The predicted molar refractivity (Wildman–Crippen MR) is 77.1 cm³/mol. The average Bonchev–Trinajstić information content (AvgIpc) is 2.75. The molecule has 1 saturated heterocycles. The van der Waals surface area contributed by atoms with Crippen molar-refractivity contribution in [1.29, 1.82) is 0 Å². The van der Waals surface area contributed by atoms with Crippen LogP contribution in [0.5, 0.6) is 0 Å². The second-order valence-corrected chi connectivity index (χ2v) is 6.93. The molecule has 2 fully saturated rings. The summed E-state index contributed by atoms with van der Waals surface area (Å²) in [4.78, 5) is 14.2. The van der Waals surface area contributed by atoms with Crippen molar-refractivity contribution in [3.8, 4) is 0 Å². The highest BCUT2D eigenvalue weighted by atomic mass is 16.4. The van der Waals surface area contributed by atoms with Crippen LogP contribution in [0.25, 0.3) is 0 Å². The van der Waals surface area contributed by atoms with Gasteiger partial charge in [-0.05, 0) is 44.1 Å². The minimum atomic E-state index is -0.576. The summed E-state index contributed by atoms with van der Waals surface area (Å²) in [7, 11) is 0. The van der Waals surface area contributed by atoms with Crippen molar-refractivity contribution in [2.75, 3.05) is 13.1 Å². The molecule has 3 unspecified atom stereocenters. The van der Waals surface area contributed by atoms with Gasteiger partial charge in [-0.2, -0.15) is 0 Å². The maximum atomic E-state index is 11.7. The zero-order valence-corrected chi connectivity index (χ0v) is 12.7. The van der Waals surface area contributed by atoms with E-state index >= 15 is 0 Å². The molecule has 3 nitrogen and oxygen atoms in total. The van der Waals surface area contributed by atoms with Gasteiger partial charge in [0.15, 0.2) is 0 Å². The largest absolute Gasteiger partial charge is 0.481 e. The highest BCUT2D eigenvalue weighted by Gasteiger charge is 2.47. The van der Waals surface area contributed by atoms with E-state index in [0.29, 0.717) is 6.04 Å². The van der Waals surface area contributed by atoms with Gasteiger partial charge in [0, 0.05) is 12.6 Å². The number of aliphatic carboxylic acids is 1.